The molecule has 0 aliphatic rings. The van der Waals surface area contributed by atoms with Gasteiger partial charge in [-0.1, -0.05) is 12.1 Å². The number of hydrogen-bond acceptors (Lipinski definition) is 3. The molecule has 29 heavy (non-hydrogen) atoms. The lowest BCUT2D eigenvalue weighted by atomic mass is 10.1. The van der Waals surface area contributed by atoms with Crippen LogP contribution in [0.5, 0.6) is 0 Å². The van der Waals surface area contributed by atoms with Gasteiger partial charge in [0.05, 0.1) is 0 Å². The van der Waals surface area contributed by atoms with Gasteiger partial charge in [-0.05, 0) is 62.7 Å². The number of nitrogens with zero attached hydrogens (tertiary/aromatic N) is 2. The molecule has 0 fully saturated rings. The quantitative estimate of drug-likeness (QED) is 0.692. The fourth-order valence-electron chi connectivity index (χ4n) is 2.80. The van der Waals surface area contributed by atoms with Crippen molar-refractivity contribution in [2.24, 2.45) is 4.99 Å². The minimum absolute atomic E-state index is 0.0583. The number of carbonyl (C=O) groups excluding carboxylic acids is 2. The standard InChI is InChI=1S/C22H22FN3O2S/c1-14(2)24-21(28)18-6-4-5-16(11-18)13-26-12-15(3)29-22(26)25-20(27)17-7-9-19(23)10-8-17/h4-12,14H,13H2,1-3H3,(H,24,28). The van der Waals surface area contributed by atoms with Crippen molar-refractivity contribution < 1.29 is 14.0 Å². The molecule has 0 bridgehead atoms. The van der Waals surface area contributed by atoms with Crippen LogP contribution in [-0.2, 0) is 6.54 Å². The van der Waals surface area contributed by atoms with E-state index in [4.69, 9.17) is 0 Å². The Bertz CT molecular complexity index is 1100. The van der Waals surface area contributed by atoms with Gasteiger partial charge in [-0.2, -0.15) is 4.99 Å². The van der Waals surface area contributed by atoms with Gasteiger partial charge < -0.3 is 9.88 Å². The number of aromatic nitrogens is 1. The van der Waals surface area contributed by atoms with E-state index in [0.29, 0.717) is 22.5 Å². The van der Waals surface area contributed by atoms with Crippen LogP contribution in [0.15, 0.2) is 59.7 Å². The first-order valence-electron chi connectivity index (χ1n) is 9.23. The highest BCUT2D eigenvalue weighted by molar-refractivity contribution is 7.09. The average molecular weight is 412 g/mol. The number of carbonyl (C=O) groups is 2. The highest BCUT2D eigenvalue weighted by atomic mass is 32.1. The third-order valence-electron chi connectivity index (χ3n) is 4.09. The van der Waals surface area contributed by atoms with Crippen LogP contribution in [-0.4, -0.2) is 22.4 Å². The molecular weight excluding hydrogens is 389 g/mol. The van der Waals surface area contributed by atoms with Crippen LogP contribution in [0.1, 0.15) is 45.0 Å². The van der Waals surface area contributed by atoms with E-state index in [1.165, 1.54) is 35.6 Å². The molecule has 5 nitrogen and oxygen atoms in total. The molecule has 1 aromatic heterocycles. The zero-order valence-electron chi connectivity index (χ0n) is 16.5. The topological polar surface area (TPSA) is 63.5 Å². The molecule has 0 spiro atoms. The van der Waals surface area contributed by atoms with Crippen LogP contribution >= 0.6 is 11.3 Å². The van der Waals surface area contributed by atoms with Gasteiger partial charge in [0.1, 0.15) is 5.82 Å². The second kappa shape index (κ2) is 8.96. The number of benzene rings is 2. The molecule has 0 saturated carbocycles. The lowest BCUT2D eigenvalue weighted by Gasteiger charge is -2.10. The van der Waals surface area contributed by atoms with Crippen LogP contribution in [0.25, 0.3) is 0 Å². The average Bonchev–Trinajstić information content (AvgIpc) is 3.00. The van der Waals surface area contributed by atoms with Crippen molar-refractivity contribution in [3.8, 4) is 0 Å². The summed E-state index contributed by atoms with van der Waals surface area (Å²) in [4.78, 5) is 30.5. The van der Waals surface area contributed by atoms with Gasteiger partial charge in [0.25, 0.3) is 11.8 Å². The van der Waals surface area contributed by atoms with E-state index in [0.717, 1.165) is 10.4 Å². The monoisotopic (exact) mass is 411 g/mol. The van der Waals surface area contributed by atoms with Crippen molar-refractivity contribution in [3.05, 3.63) is 86.9 Å². The second-order valence-electron chi connectivity index (χ2n) is 7.00. The lowest BCUT2D eigenvalue weighted by molar-refractivity contribution is 0.0942. The largest absolute Gasteiger partial charge is 0.350 e. The summed E-state index contributed by atoms with van der Waals surface area (Å²) in [5, 5.41) is 2.88. The maximum Gasteiger partial charge on any atom is 0.279 e. The van der Waals surface area contributed by atoms with E-state index in [1.807, 2.05) is 49.7 Å². The van der Waals surface area contributed by atoms with Gasteiger partial charge in [-0.25, -0.2) is 4.39 Å². The number of thiazole rings is 1. The normalized spacial score (nSPS) is 11.7. The van der Waals surface area contributed by atoms with Crippen molar-refractivity contribution in [2.45, 2.75) is 33.4 Å². The SMILES string of the molecule is Cc1cn(Cc2cccc(C(=O)NC(C)C)c2)c(=NC(=O)c2ccc(F)cc2)s1. The first-order valence-corrected chi connectivity index (χ1v) is 10.0. The number of hydrogen-bond donors (Lipinski definition) is 1. The predicted molar refractivity (Wildman–Crippen MR) is 111 cm³/mol. The van der Waals surface area contributed by atoms with Gasteiger partial charge >= 0.3 is 0 Å². The Morgan fingerprint density at radius 2 is 1.86 bits per heavy atom. The number of aryl methyl sites for hydroxylation is 1. The van der Waals surface area contributed by atoms with E-state index >= 15 is 0 Å². The minimum atomic E-state index is -0.425. The fourth-order valence-corrected chi connectivity index (χ4v) is 3.63. The molecule has 0 aliphatic heterocycles. The molecule has 1 N–H and O–H groups in total. The Morgan fingerprint density at radius 1 is 1.14 bits per heavy atom. The molecule has 0 radical (unpaired) electrons. The second-order valence-corrected chi connectivity index (χ2v) is 8.22. The molecule has 150 valence electrons. The maximum atomic E-state index is 13.1. The first-order chi connectivity index (χ1) is 13.8. The van der Waals surface area contributed by atoms with Gasteiger partial charge in [0.15, 0.2) is 4.80 Å². The van der Waals surface area contributed by atoms with E-state index in [-0.39, 0.29) is 11.9 Å². The maximum absolute atomic E-state index is 13.1. The van der Waals surface area contributed by atoms with E-state index in [9.17, 15) is 14.0 Å². The first kappa shape index (κ1) is 20.7. The van der Waals surface area contributed by atoms with Crippen molar-refractivity contribution >= 4 is 23.2 Å². The molecule has 7 heteroatoms. The molecule has 0 unspecified atom stereocenters. The summed E-state index contributed by atoms with van der Waals surface area (Å²) < 4.78 is 14.9. The summed E-state index contributed by atoms with van der Waals surface area (Å²) in [7, 11) is 0. The number of halogens is 1. The Labute approximate surface area is 172 Å². The van der Waals surface area contributed by atoms with Crippen LogP contribution in [0.3, 0.4) is 0 Å². The van der Waals surface area contributed by atoms with Gasteiger partial charge in [-0.15, -0.1) is 11.3 Å². The smallest absolute Gasteiger partial charge is 0.279 e. The van der Waals surface area contributed by atoms with Gasteiger partial charge in [0, 0.05) is 34.8 Å². The van der Waals surface area contributed by atoms with Gasteiger partial charge in [-0.3, -0.25) is 9.59 Å². The highest BCUT2D eigenvalue weighted by Gasteiger charge is 2.10. The van der Waals surface area contributed by atoms with E-state index in [1.54, 1.807) is 6.07 Å². The van der Waals surface area contributed by atoms with Gasteiger partial charge in [0.2, 0.25) is 0 Å². The predicted octanol–water partition coefficient (Wildman–Crippen LogP) is 3.92. The Morgan fingerprint density at radius 3 is 2.55 bits per heavy atom. The van der Waals surface area contributed by atoms with Crippen LogP contribution in [0.2, 0.25) is 0 Å². The Balaban J connectivity index is 1.87. The summed E-state index contributed by atoms with van der Waals surface area (Å²) in [6.45, 7) is 6.24. The molecule has 3 aromatic rings. The van der Waals surface area contributed by atoms with Crippen LogP contribution < -0.4 is 10.1 Å². The molecule has 0 saturated heterocycles. The Hall–Kier alpha value is -3.06. The Kier molecular flexibility index (Phi) is 6.39. The summed E-state index contributed by atoms with van der Waals surface area (Å²) in [6.07, 6.45) is 1.92. The summed E-state index contributed by atoms with van der Waals surface area (Å²) >= 11 is 1.40. The number of nitrogens with one attached hydrogen (secondary N) is 1. The zero-order chi connectivity index (χ0) is 21.0. The third-order valence-corrected chi connectivity index (χ3v) is 5.02. The molecule has 0 aliphatic carbocycles. The van der Waals surface area contributed by atoms with Crippen LogP contribution in [0, 0.1) is 12.7 Å². The summed E-state index contributed by atoms with van der Waals surface area (Å²) in [6, 6.07) is 12.8. The zero-order valence-corrected chi connectivity index (χ0v) is 17.3. The molecule has 2 amide bonds. The highest BCUT2D eigenvalue weighted by Crippen LogP contribution is 2.10. The van der Waals surface area contributed by atoms with Crippen molar-refractivity contribution in [1.29, 1.82) is 0 Å². The van der Waals surface area contributed by atoms with Crippen molar-refractivity contribution in [2.75, 3.05) is 0 Å². The van der Waals surface area contributed by atoms with Crippen LogP contribution in [0.4, 0.5) is 4.39 Å². The minimum Gasteiger partial charge on any atom is -0.350 e. The van der Waals surface area contributed by atoms with E-state index in [2.05, 4.69) is 10.3 Å². The number of rotatable bonds is 5. The molecule has 2 aromatic carbocycles. The van der Waals surface area contributed by atoms with Crippen molar-refractivity contribution in [3.63, 3.8) is 0 Å². The number of amides is 2. The third kappa shape index (κ3) is 5.48. The fraction of sp³-hybridized carbons (Fsp3) is 0.227. The molecule has 1 heterocycles. The van der Waals surface area contributed by atoms with Crippen molar-refractivity contribution in [1.82, 2.24) is 9.88 Å². The summed E-state index contributed by atoms with van der Waals surface area (Å²) in [5.41, 5.74) is 1.84. The van der Waals surface area contributed by atoms with E-state index < -0.39 is 11.7 Å². The molecule has 3 rings (SSSR count). The summed E-state index contributed by atoms with van der Waals surface area (Å²) in [5.74, 6) is -0.944. The molecular formula is C22H22FN3O2S. The molecule has 0 atom stereocenters. The lowest BCUT2D eigenvalue weighted by Crippen LogP contribution is -2.30.